The smallest absolute Gasteiger partial charge is 0.312 e. The molecule has 2 heterocycles. The number of nitrogens with two attached hydrogens (primary N) is 1. The second-order valence-corrected chi connectivity index (χ2v) is 3.34. The van der Waals surface area contributed by atoms with Crippen LogP contribution in [0, 0.1) is 13.8 Å². The molecule has 0 aliphatic rings. The van der Waals surface area contributed by atoms with Gasteiger partial charge in [-0.1, -0.05) is 10.3 Å². The molecule has 0 saturated heterocycles. The standard InChI is InChI=1S/C9H12N4O2/c1-5-7(6(2)15-13-5)3-4-8-11-12-9(10)14-8/h3-4H2,1-2H3,(H2,10,12). The van der Waals surface area contributed by atoms with Crippen molar-refractivity contribution in [3.8, 4) is 0 Å². The molecule has 0 aliphatic carbocycles. The minimum Gasteiger partial charge on any atom is -0.408 e. The molecule has 80 valence electrons. The van der Waals surface area contributed by atoms with Gasteiger partial charge >= 0.3 is 6.01 Å². The first-order chi connectivity index (χ1) is 7.16. The van der Waals surface area contributed by atoms with Crippen LogP contribution < -0.4 is 5.73 Å². The van der Waals surface area contributed by atoms with E-state index < -0.39 is 0 Å². The minimum atomic E-state index is 0.101. The largest absolute Gasteiger partial charge is 0.408 e. The summed E-state index contributed by atoms with van der Waals surface area (Å²) in [4.78, 5) is 0. The third kappa shape index (κ3) is 1.98. The highest BCUT2D eigenvalue weighted by Crippen LogP contribution is 2.15. The van der Waals surface area contributed by atoms with Gasteiger partial charge < -0.3 is 14.7 Å². The number of rotatable bonds is 3. The lowest BCUT2D eigenvalue weighted by molar-refractivity contribution is 0.392. The Morgan fingerprint density at radius 3 is 2.53 bits per heavy atom. The maximum absolute atomic E-state index is 5.32. The molecule has 6 heteroatoms. The number of hydrogen-bond acceptors (Lipinski definition) is 6. The second-order valence-electron chi connectivity index (χ2n) is 3.34. The Labute approximate surface area is 86.5 Å². The molecule has 0 unspecified atom stereocenters. The van der Waals surface area contributed by atoms with Crippen LogP contribution in [0.4, 0.5) is 6.01 Å². The Balaban J connectivity index is 2.05. The van der Waals surface area contributed by atoms with Crippen molar-refractivity contribution < 1.29 is 8.94 Å². The molecule has 0 radical (unpaired) electrons. The van der Waals surface area contributed by atoms with Gasteiger partial charge in [-0.2, -0.15) is 0 Å². The predicted octanol–water partition coefficient (Wildman–Crippen LogP) is 1.04. The molecular weight excluding hydrogens is 196 g/mol. The number of nitrogens with zero attached hydrogens (tertiary/aromatic N) is 3. The fourth-order valence-corrected chi connectivity index (χ4v) is 1.46. The molecule has 6 nitrogen and oxygen atoms in total. The van der Waals surface area contributed by atoms with Crippen LogP contribution in [0.25, 0.3) is 0 Å². The molecule has 0 saturated carbocycles. The molecule has 0 spiro atoms. The molecule has 2 rings (SSSR count). The van der Waals surface area contributed by atoms with Gasteiger partial charge in [-0.3, -0.25) is 0 Å². The van der Waals surface area contributed by atoms with E-state index in [1.54, 1.807) is 0 Å². The third-order valence-corrected chi connectivity index (χ3v) is 2.25. The Hall–Kier alpha value is -1.85. The van der Waals surface area contributed by atoms with Gasteiger partial charge in [0, 0.05) is 12.0 Å². The van der Waals surface area contributed by atoms with Crippen LogP contribution in [0.2, 0.25) is 0 Å². The normalized spacial score (nSPS) is 10.8. The van der Waals surface area contributed by atoms with Gasteiger partial charge in [-0.25, -0.2) is 0 Å². The van der Waals surface area contributed by atoms with Gasteiger partial charge in [-0.05, 0) is 20.3 Å². The minimum absolute atomic E-state index is 0.101. The van der Waals surface area contributed by atoms with Crippen molar-refractivity contribution in [2.24, 2.45) is 0 Å². The fourth-order valence-electron chi connectivity index (χ4n) is 1.46. The molecule has 0 bridgehead atoms. The van der Waals surface area contributed by atoms with E-state index in [0.29, 0.717) is 12.3 Å². The first kappa shape index (κ1) is 9.70. The van der Waals surface area contributed by atoms with Crippen molar-refractivity contribution >= 4 is 6.01 Å². The average molecular weight is 208 g/mol. The summed E-state index contributed by atoms with van der Waals surface area (Å²) in [5.41, 5.74) is 7.31. The zero-order chi connectivity index (χ0) is 10.8. The molecular formula is C9H12N4O2. The average Bonchev–Trinajstić information content (AvgIpc) is 2.73. The molecule has 2 aromatic rings. The Bertz CT molecular complexity index is 441. The van der Waals surface area contributed by atoms with Crippen LogP contribution in [0.3, 0.4) is 0 Å². The summed E-state index contributed by atoms with van der Waals surface area (Å²) in [7, 11) is 0. The highest BCUT2D eigenvalue weighted by Gasteiger charge is 2.10. The van der Waals surface area contributed by atoms with E-state index in [2.05, 4.69) is 15.4 Å². The first-order valence-corrected chi connectivity index (χ1v) is 4.66. The lowest BCUT2D eigenvalue weighted by Gasteiger charge is -1.95. The van der Waals surface area contributed by atoms with E-state index in [1.165, 1.54) is 0 Å². The Kier molecular flexibility index (Phi) is 2.40. The Morgan fingerprint density at radius 2 is 2.00 bits per heavy atom. The topological polar surface area (TPSA) is 91.0 Å². The van der Waals surface area contributed by atoms with Gasteiger partial charge in [0.05, 0.1) is 5.69 Å². The maximum atomic E-state index is 5.32. The number of anilines is 1. The molecule has 0 aliphatic heterocycles. The molecule has 0 aromatic carbocycles. The van der Waals surface area contributed by atoms with Crippen molar-refractivity contribution in [2.45, 2.75) is 26.7 Å². The van der Waals surface area contributed by atoms with E-state index in [-0.39, 0.29) is 6.01 Å². The number of aryl methyl sites for hydroxylation is 3. The third-order valence-electron chi connectivity index (χ3n) is 2.25. The van der Waals surface area contributed by atoms with Gasteiger partial charge in [0.1, 0.15) is 5.76 Å². The Morgan fingerprint density at radius 1 is 1.20 bits per heavy atom. The van der Waals surface area contributed by atoms with E-state index in [4.69, 9.17) is 14.7 Å². The van der Waals surface area contributed by atoms with E-state index in [9.17, 15) is 0 Å². The van der Waals surface area contributed by atoms with Crippen molar-refractivity contribution in [2.75, 3.05) is 5.73 Å². The van der Waals surface area contributed by atoms with Gasteiger partial charge in [-0.15, -0.1) is 5.10 Å². The number of aromatic nitrogens is 3. The first-order valence-electron chi connectivity index (χ1n) is 4.66. The predicted molar refractivity (Wildman–Crippen MR) is 52.1 cm³/mol. The molecule has 0 fully saturated rings. The van der Waals surface area contributed by atoms with Crippen LogP contribution in [0.5, 0.6) is 0 Å². The quantitative estimate of drug-likeness (QED) is 0.810. The van der Waals surface area contributed by atoms with E-state index in [0.717, 1.165) is 23.4 Å². The maximum Gasteiger partial charge on any atom is 0.312 e. The summed E-state index contributed by atoms with van der Waals surface area (Å²) in [5, 5.41) is 11.2. The summed E-state index contributed by atoms with van der Waals surface area (Å²) in [6, 6.07) is 0.101. The lowest BCUT2D eigenvalue weighted by Crippen LogP contribution is -1.94. The lowest BCUT2D eigenvalue weighted by atomic mass is 10.1. The van der Waals surface area contributed by atoms with Gasteiger partial charge in [0.15, 0.2) is 0 Å². The summed E-state index contributed by atoms with van der Waals surface area (Å²) in [6.07, 6.45) is 1.41. The van der Waals surface area contributed by atoms with Crippen molar-refractivity contribution in [3.05, 3.63) is 22.9 Å². The van der Waals surface area contributed by atoms with E-state index in [1.807, 2.05) is 13.8 Å². The number of nitrogen functional groups attached to an aromatic ring is 1. The van der Waals surface area contributed by atoms with Gasteiger partial charge in [0.2, 0.25) is 5.89 Å². The van der Waals surface area contributed by atoms with Crippen molar-refractivity contribution in [1.29, 1.82) is 0 Å². The van der Waals surface area contributed by atoms with Crippen LogP contribution in [-0.2, 0) is 12.8 Å². The van der Waals surface area contributed by atoms with Crippen LogP contribution in [0.1, 0.15) is 22.9 Å². The van der Waals surface area contributed by atoms with Crippen LogP contribution in [-0.4, -0.2) is 15.4 Å². The van der Waals surface area contributed by atoms with Crippen LogP contribution >= 0.6 is 0 Å². The summed E-state index contributed by atoms with van der Waals surface area (Å²) < 4.78 is 10.1. The zero-order valence-corrected chi connectivity index (χ0v) is 8.65. The summed E-state index contributed by atoms with van der Waals surface area (Å²) >= 11 is 0. The van der Waals surface area contributed by atoms with Gasteiger partial charge in [0.25, 0.3) is 0 Å². The molecule has 2 N–H and O–H groups in total. The van der Waals surface area contributed by atoms with Crippen LogP contribution in [0.15, 0.2) is 8.94 Å². The highest BCUT2D eigenvalue weighted by atomic mass is 16.5. The SMILES string of the molecule is Cc1noc(C)c1CCc1nnc(N)o1. The zero-order valence-electron chi connectivity index (χ0n) is 8.65. The van der Waals surface area contributed by atoms with Crippen molar-refractivity contribution in [1.82, 2.24) is 15.4 Å². The molecule has 0 amide bonds. The highest BCUT2D eigenvalue weighted by molar-refractivity contribution is 5.21. The fraction of sp³-hybridized carbons (Fsp3) is 0.444. The monoisotopic (exact) mass is 208 g/mol. The molecule has 2 aromatic heterocycles. The van der Waals surface area contributed by atoms with Crippen molar-refractivity contribution in [3.63, 3.8) is 0 Å². The molecule has 15 heavy (non-hydrogen) atoms. The summed E-state index contributed by atoms with van der Waals surface area (Å²) in [5.74, 6) is 1.37. The van der Waals surface area contributed by atoms with E-state index >= 15 is 0 Å². The second kappa shape index (κ2) is 3.72. The number of hydrogen-bond donors (Lipinski definition) is 1. The summed E-state index contributed by atoms with van der Waals surface area (Å²) in [6.45, 7) is 3.80. The molecule has 0 atom stereocenters.